The van der Waals surface area contributed by atoms with Crippen LogP contribution in [0.1, 0.15) is 39.3 Å². The van der Waals surface area contributed by atoms with Gasteiger partial charge in [0.25, 0.3) is 5.91 Å². The second-order valence-corrected chi connectivity index (χ2v) is 6.01. The fourth-order valence-electron chi connectivity index (χ4n) is 2.55. The number of ether oxygens (including phenoxy) is 2. The van der Waals surface area contributed by atoms with Gasteiger partial charge < -0.3 is 19.2 Å². The van der Waals surface area contributed by atoms with Gasteiger partial charge >= 0.3 is 5.97 Å². The van der Waals surface area contributed by atoms with Crippen molar-refractivity contribution in [2.75, 3.05) is 12.4 Å². The number of rotatable bonds is 7. The summed E-state index contributed by atoms with van der Waals surface area (Å²) in [5.41, 5.74) is 1.30. The lowest BCUT2D eigenvalue weighted by Crippen LogP contribution is -2.14. The second-order valence-electron chi connectivity index (χ2n) is 6.01. The van der Waals surface area contributed by atoms with Crippen molar-refractivity contribution in [1.82, 2.24) is 9.78 Å². The zero-order valence-electron chi connectivity index (χ0n) is 15.9. The topological polar surface area (TPSA) is 95.6 Å². The summed E-state index contributed by atoms with van der Waals surface area (Å²) in [6.45, 7) is 4.55. The molecule has 0 aliphatic heterocycles. The highest BCUT2D eigenvalue weighted by molar-refractivity contribution is 6.05. The van der Waals surface area contributed by atoms with E-state index in [1.165, 1.54) is 11.8 Å². The number of anilines is 1. The molecule has 2 heterocycles. The third-order valence-electron chi connectivity index (χ3n) is 4.06. The Balaban J connectivity index is 1.68. The van der Waals surface area contributed by atoms with Crippen molar-refractivity contribution >= 4 is 17.6 Å². The molecule has 0 fully saturated rings. The van der Waals surface area contributed by atoms with E-state index in [0.717, 1.165) is 11.3 Å². The summed E-state index contributed by atoms with van der Waals surface area (Å²) in [5.74, 6) is 0.228. The number of methoxy groups -OCH3 is 1. The van der Waals surface area contributed by atoms with Crippen LogP contribution in [0.3, 0.4) is 0 Å². The Morgan fingerprint density at radius 3 is 2.71 bits per heavy atom. The Labute approximate surface area is 162 Å². The van der Waals surface area contributed by atoms with Gasteiger partial charge in [-0.25, -0.2) is 4.79 Å². The molecule has 28 heavy (non-hydrogen) atoms. The number of hydrogen-bond donors (Lipinski definition) is 1. The zero-order chi connectivity index (χ0) is 20.1. The Bertz CT molecular complexity index is 989. The van der Waals surface area contributed by atoms with E-state index in [-0.39, 0.29) is 23.7 Å². The molecule has 0 atom stereocenters. The summed E-state index contributed by atoms with van der Waals surface area (Å²) in [4.78, 5) is 24.3. The first-order valence-electron chi connectivity index (χ1n) is 8.76. The Morgan fingerprint density at radius 1 is 1.21 bits per heavy atom. The molecule has 0 saturated carbocycles. The molecule has 0 bridgehead atoms. The van der Waals surface area contributed by atoms with Crippen LogP contribution in [0.5, 0.6) is 5.75 Å². The van der Waals surface area contributed by atoms with Gasteiger partial charge in [-0.1, -0.05) is 18.2 Å². The first kappa shape index (κ1) is 19.2. The molecule has 8 nitrogen and oxygen atoms in total. The predicted molar refractivity (Wildman–Crippen MR) is 101 cm³/mol. The second kappa shape index (κ2) is 8.43. The Kier molecular flexibility index (Phi) is 5.78. The average Bonchev–Trinajstić information content (AvgIpc) is 3.34. The number of carbonyl (C=O) groups is 2. The van der Waals surface area contributed by atoms with Crippen LogP contribution in [-0.4, -0.2) is 28.8 Å². The van der Waals surface area contributed by atoms with E-state index in [1.54, 1.807) is 18.3 Å². The number of aromatic nitrogens is 2. The molecule has 8 heteroatoms. The van der Waals surface area contributed by atoms with Gasteiger partial charge in [-0.15, -0.1) is 0 Å². The lowest BCUT2D eigenvalue weighted by molar-refractivity contribution is 0.0594. The lowest BCUT2D eigenvalue weighted by Gasteiger charge is -2.06. The molecule has 3 aromatic rings. The van der Waals surface area contributed by atoms with Crippen LogP contribution in [0.15, 0.2) is 47.0 Å². The van der Waals surface area contributed by atoms with Crippen LogP contribution in [0.4, 0.5) is 5.69 Å². The maximum absolute atomic E-state index is 12.5. The fourth-order valence-corrected chi connectivity index (χ4v) is 2.55. The third kappa shape index (κ3) is 4.22. The first-order chi connectivity index (χ1) is 13.5. The van der Waals surface area contributed by atoms with E-state index >= 15 is 0 Å². The molecule has 2 aromatic heterocycles. The normalized spacial score (nSPS) is 10.5. The quantitative estimate of drug-likeness (QED) is 0.628. The number of aryl methyl sites for hydroxylation is 2. The summed E-state index contributed by atoms with van der Waals surface area (Å²) >= 11 is 0. The van der Waals surface area contributed by atoms with E-state index in [0.29, 0.717) is 12.3 Å². The molecule has 0 unspecified atom stereocenters. The van der Waals surface area contributed by atoms with Gasteiger partial charge in [0.15, 0.2) is 11.5 Å². The van der Waals surface area contributed by atoms with Crippen molar-refractivity contribution in [3.8, 4) is 5.75 Å². The Hall–Kier alpha value is -3.55. The highest BCUT2D eigenvalue weighted by atomic mass is 16.5. The minimum Gasteiger partial charge on any atom is -0.485 e. The number of para-hydroxylation sites is 1. The highest BCUT2D eigenvalue weighted by Crippen LogP contribution is 2.20. The molecular weight excluding hydrogens is 362 g/mol. The maximum atomic E-state index is 12.5. The smallest absolute Gasteiger partial charge is 0.360 e. The van der Waals surface area contributed by atoms with Gasteiger partial charge in [0.05, 0.1) is 12.8 Å². The molecule has 0 spiro atoms. The fraction of sp³-hybridized carbons (Fsp3) is 0.250. The minimum absolute atomic E-state index is 0.0346. The molecule has 146 valence electrons. The molecule has 0 aliphatic rings. The molecule has 3 rings (SSSR count). The van der Waals surface area contributed by atoms with Gasteiger partial charge in [0.2, 0.25) is 0 Å². The minimum atomic E-state index is -0.630. The molecule has 0 radical (unpaired) electrons. The SMILES string of the molecule is CCn1cc(NC(=O)c2ccc(COc3ccccc3C)o2)c(C(=O)OC)n1. The van der Waals surface area contributed by atoms with E-state index in [9.17, 15) is 9.59 Å². The van der Waals surface area contributed by atoms with Crippen molar-refractivity contribution in [1.29, 1.82) is 0 Å². The van der Waals surface area contributed by atoms with Gasteiger partial charge in [-0.05, 0) is 37.6 Å². The van der Waals surface area contributed by atoms with E-state index in [1.807, 2.05) is 38.1 Å². The van der Waals surface area contributed by atoms with E-state index in [4.69, 9.17) is 13.9 Å². The summed E-state index contributed by atoms with van der Waals surface area (Å²) in [5, 5.41) is 6.73. The average molecular weight is 383 g/mol. The highest BCUT2D eigenvalue weighted by Gasteiger charge is 2.21. The van der Waals surface area contributed by atoms with Crippen LogP contribution < -0.4 is 10.1 Å². The summed E-state index contributed by atoms with van der Waals surface area (Å²) in [6.07, 6.45) is 1.56. The van der Waals surface area contributed by atoms with Crippen LogP contribution in [0, 0.1) is 6.92 Å². The van der Waals surface area contributed by atoms with E-state index in [2.05, 4.69) is 10.4 Å². The number of hydrogen-bond acceptors (Lipinski definition) is 6. The van der Waals surface area contributed by atoms with Gasteiger partial charge in [-0.2, -0.15) is 5.10 Å². The number of benzene rings is 1. The molecule has 0 saturated heterocycles. The first-order valence-corrected chi connectivity index (χ1v) is 8.76. The third-order valence-corrected chi connectivity index (χ3v) is 4.06. The zero-order valence-corrected chi connectivity index (χ0v) is 15.9. The van der Waals surface area contributed by atoms with Crippen LogP contribution >= 0.6 is 0 Å². The predicted octanol–water partition coefficient (Wildman–Crippen LogP) is 3.42. The number of nitrogens with zero attached hydrogens (tertiary/aromatic N) is 2. The van der Waals surface area contributed by atoms with Gasteiger partial charge in [0, 0.05) is 12.7 Å². The van der Waals surface area contributed by atoms with Crippen molar-refractivity contribution < 1.29 is 23.5 Å². The largest absolute Gasteiger partial charge is 0.485 e. The lowest BCUT2D eigenvalue weighted by atomic mass is 10.2. The Morgan fingerprint density at radius 2 is 2.00 bits per heavy atom. The van der Waals surface area contributed by atoms with Crippen LogP contribution in [0.2, 0.25) is 0 Å². The number of amides is 1. The molecule has 0 aliphatic carbocycles. The summed E-state index contributed by atoms with van der Waals surface area (Å²) in [7, 11) is 1.26. The van der Waals surface area contributed by atoms with Gasteiger partial charge in [-0.3, -0.25) is 9.48 Å². The monoisotopic (exact) mass is 383 g/mol. The summed E-state index contributed by atoms with van der Waals surface area (Å²) in [6, 6.07) is 10.9. The molecule has 1 N–H and O–H groups in total. The standard InChI is InChI=1S/C20H21N3O5/c1-4-23-11-15(18(22-23)20(25)26-3)21-19(24)17-10-9-14(28-17)12-27-16-8-6-5-7-13(16)2/h5-11H,4,12H2,1-3H3,(H,21,24). The molecular formula is C20H21N3O5. The summed E-state index contributed by atoms with van der Waals surface area (Å²) < 4.78 is 17.5. The maximum Gasteiger partial charge on any atom is 0.360 e. The molecule has 1 aromatic carbocycles. The van der Waals surface area contributed by atoms with Crippen molar-refractivity contribution in [3.63, 3.8) is 0 Å². The van der Waals surface area contributed by atoms with Crippen molar-refractivity contribution in [2.45, 2.75) is 27.0 Å². The van der Waals surface area contributed by atoms with Crippen LogP contribution in [-0.2, 0) is 17.9 Å². The van der Waals surface area contributed by atoms with Crippen molar-refractivity contribution in [3.05, 3.63) is 65.4 Å². The molecule has 1 amide bonds. The number of carbonyl (C=O) groups excluding carboxylic acids is 2. The van der Waals surface area contributed by atoms with Crippen molar-refractivity contribution in [2.24, 2.45) is 0 Å². The van der Waals surface area contributed by atoms with Gasteiger partial charge in [0.1, 0.15) is 18.1 Å². The number of nitrogens with one attached hydrogen (secondary N) is 1. The number of furan rings is 1. The van der Waals surface area contributed by atoms with Crippen LogP contribution in [0.25, 0.3) is 0 Å². The number of esters is 1. The van der Waals surface area contributed by atoms with E-state index < -0.39 is 11.9 Å².